The molecule has 58 heavy (non-hydrogen) atoms. The van der Waals surface area contributed by atoms with Crippen LogP contribution in [0.2, 0.25) is 0 Å². The minimum absolute atomic E-state index is 0.194. The minimum Gasteiger partial charge on any atom is -0.228 e. The lowest BCUT2D eigenvalue weighted by Gasteiger charge is -2.29. The second kappa shape index (κ2) is 12.6. The van der Waals surface area contributed by atoms with E-state index >= 15 is 0 Å². The van der Waals surface area contributed by atoms with Crippen molar-refractivity contribution >= 4 is 49.5 Å². The number of aromatic nitrogens is 2. The van der Waals surface area contributed by atoms with Gasteiger partial charge in [0.25, 0.3) is 0 Å². The summed E-state index contributed by atoms with van der Waals surface area (Å²) in [7, 11) is 0. The highest BCUT2D eigenvalue weighted by Crippen LogP contribution is 2.56. The molecule has 4 nitrogen and oxygen atoms in total. The molecule has 0 N–H and O–H groups in total. The van der Waals surface area contributed by atoms with Gasteiger partial charge in [0.05, 0.1) is 34.5 Å². The molecule has 5 aromatic carbocycles. The van der Waals surface area contributed by atoms with Crippen LogP contribution in [0.5, 0.6) is 0 Å². The number of allylic oxidation sites excluding steroid dienone is 16. The Labute approximate surface area is 336 Å². The molecular weight excluding hydrogens is 705 g/mol. The van der Waals surface area contributed by atoms with Crippen molar-refractivity contribution in [2.24, 2.45) is 5.92 Å². The van der Waals surface area contributed by atoms with Crippen molar-refractivity contribution in [1.29, 1.82) is 10.5 Å². The third kappa shape index (κ3) is 4.61. The summed E-state index contributed by atoms with van der Waals surface area (Å²) in [4.78, 5) is 10.8. The Bertz CT molecular complexity index is 3250. The summed E-state index contributed by atoms with van der Waals surface area (Å²) in [5.74, 6) is 0.988. The zero-order valence-electron chi connectivity index (χ0n) is 31.6. The average Bonchev–Trinajstić information content (AvgIpc) is 3.80. The molecule has 6 aromatic rings. The van der Waals surface area contributed by atoms with Crippen molar-refractivity contribution in [3.05, 3.63) is 196 Å². The molecule has 0 amide bonds. The highest BCUT2D eigenvalue weighted by Gasteiger charge is 2.40. The number of hydrogen-bond donors (Lipinski definition) is 0. The molecule has 6 aliphatic rings. The van der Waals surface area contributed by atoms with Gasteiger partial charge in [0, 0.05) is 33.9 Å². The zero-order valence-corrected chi connectivity index (χ0v) is 31.6. The van der Waals surface area contributed by atoms with Crippen LogP contribution in [0.3, 0.4) is 0 Å². The lowest BCUT2D eigenvalue weighted by molar-refractivity contribution is 0.725. The molecule has 2 unspecified atom stereocenters. The molecule has 0 fully saturated rings. The molecule has 1 aromatic heterocycles. The summed E-state index contributed by atoms with van der Waals surface area (Å²) < 4.78 is 0. The van der Waals surface area contributed by atoms with E-state index in [1.165, 1.54) is 55.3 Å². The van der Waals surface area contributed by atoms with E-state index in [4.69, 9.17) is 9.97 Å². The quantitative estimate of drug-likeness (QED) is 0.180. The maximum absolute atomic E-state index is 10.5. The standard InChI is InChI=1S/C54H34N4/c55-29-31-11-1-3-13-35(31)52-49-28-33(34-23-25-46-39-17-7-5-15-37(39)43-20-9-19-42(34)50(43)46)27-48(53(49)58-54(57-52)36-14-4-2-12-32(36)30-56)41-24-26-47-40-18-8-6-16-38(40)44-21-10-22-45(41)51(44)47/h1-3,5-6,8-13,15-16,18-28,47,51H,4,7,14,17H2. The first-order valence-electron chi connectivity index (χ1n) is 20.2. The second-order valence-corrected chi connectivity index (χ2v) is 15.9. The molecule has 0 saturated heterocycles. The fraction of sp³-hybridized carbons (Fsp3) is 0.111. The van der Waals surface area contributed by atoms with Gasteiger partial charge in [-0.2, -0.15) is 10.5 Å². The SMILES string of the molecule is N#CC1=C(c2nc(-c3ccccc3C#N)c3cc(-c4ccc5c6c(cccc46)C4=C5CCC=C4)cc(C4=C5C=CC=C6c7ccccc7C(C=C4)C65)c3n2)CCC=C1. The van der Waals surface area contributed by atoms with Crippen LogP contribution in [0.4, 0.5) is 0 Å². The summed E-state index contributed by atoms with van der Waals surface area (Å²) in [6, 6.07) is 37.4. The Morgan fingerprint density at radius 3 is 2.33 bits per heavy atom. The van der Waals surface area contributed by atoms with Crippen molar-refractivity contribution in [3.63, 3.8) is 0 Å². The molecule has 0 spiro atoms. The predicted molar refractivity (Wildman–Crippen MR) is 235 cm³/mol. The van der Waals surface area contributed by atoms with E-state index in [1.54, 1.807) is 0 Å². The van der Waals surface area contributed by atoms with Crippen molar-refractivity contribution in [2.45, 2.75) is 31.6 Å². The largest absolute Gasteiger partial charge is 0.228 e. The number of nitriles is 2. The predicted octanol–water partition coefficient (Wildman–Crippen LogP) is 12.9. The van der Waals surface area contributed by atoms with Gasteiger partial charge < -0.3 is 0 Å². The first-order chi connectivity index (χ1) is 28.7. The fourth-order valence-corrected chi connectivity index (χ4v) is 10.6. The van der Waals surface area contributed by atoms with Crippen LogP contribution >= 0.6 is 0 Å². The lowest BCUT2D eigenvalue weighted by Crippen LogP contribution is -2.15. The van der Waals surface area contributed by atoms with Crippen LogP contribution in [0, 0.1) is 28.6 Å². The highest BCUT2D eigenvalue weighted by atomic mass is 14.9. The van der Waals surface area contributed by atoms with Crippen LogP contribution in [-0.4, -0.2) is 9.97 Å². The average molecular weight is 739 g/mol. The highest BCUT2D eigenvalue weighted by molar-refractivity contribution is 6.19. The number of rotatable bonds is 4. The Kier molecular flexibility index (Phi) is 7.10. The Hall–Kier alpha value is -7.40. The molecule has 0 bridgehead atoms. The smallest absolute Gasteiger partial charge is 0.157 e. The van der Waals surface area contributed by atoms with Crippen LogP contribution < -0.4 is 0 Å². The van der Waals surface area contributed by atoms with E-state index in [9.17, 15) is 10.5 Å². The van der Waals surface area contributed by atoms with Crippen LogP contribution in [-0.2, 0) is 0 Å². The fourth-order valence-electron chi connectivity index (χ4n) is 10.6. The van der Waals surface area contributed by atoms with Gasteiger partial charge in [0.2, 0.25) is 0 Å². The van der Waals surface area contributed by atoms with Gasteiger partial charge in [-0.25, -0.2) is 9.97 Å². The molecule has 0 radical (unpaired) electrons. The molecule has 1 heterocycles. The lowest BCUT2D eigenvalue weighted by atomic mass is 9.74. The van der Waals surface area contributed by atoms with E-state index < -0.39 is 0 Å². The van der Waals surface area contributed by atoms with Gasteiger partial charge in [-0.1, -0.05) is 121 Å². The third-order valence-corrected chi connectivity index (χ3v) is 13.1. The maximum Gasteiger partial charge on any atom is 0.157 e. The summed E-state index contributed by atoms with van der Waals surface area (Å²) >= 11 is 0. The number of fused-ring (bicyclic) bond motifs is 6. The molecule has 270 valence electrons. The topological polar surface area (TPSA) is 73.4 Å². The van der Waals surface area contributed by atoms with Gasteiger partial charge in [0.1, 0.15) is 0 Å². The van der Waals surface area contributed by atoms with E-state index in [0.717, 1.165) is 63.6 Å². The molecular formula is C54H34N4. The van der Waals surface area contributed by atoms with Crippen LogP contribution in [0.15, 0.2) is 157 Å². The Balaban J connectivity index is 1.19. The van der Waals surface area contributed by atoms with Gasteiger partial charge >= 0.3 is 0 Å². The monoisotopic (exact) mass is 738 g/mol. The van der Waals surface area contributed by atoms with Crippen LogP contribution in [0.1, 0.15) is 70.8 Å². The Morgan fingerprint density at radius 1 is 0.621 bits per heavy atom. The number of hydrogen-bond acceptors (Lipinski definition) is 4. The molecule has 0 saturated carbocycles. The van der Waals surface area contributed by atoms with E-state index in [1.807, 2.05) is 36.4 Å². The van der Waals surface area contributed by atoms with Gasteiger partial charge in [-0.05, 0) is 122 Å². The minimum atomic E-state index is 0.194. The molecule has 2 atom stereocenters. The first-order valence-corrected chi connectivity index (χ1v) is 20.2. The molecule has 6 aliphatic carbocycles. The van der Waals surface area contributed by atoms with Gasteiger partial charge in [0.15, 0.2) is 5.82 Å². The number of nitrogens with zero attached hydrogens (tertiary/aromatic N) is 4. The van der Waals surface area contributed by atoms with Crippen LogP contribution in [0.25, 0.3) is 71.9 Å². The zero-order chi connectivity index (χ0) is 38.5. The van der Waals surface area contributed by atoms with E-state index in [-0.39, 0.29) is 11.8 Å². The summed E-state index contributed by atoms with van der Waals surface area (Å²) in [5.41, 5.74) is 19.4. The van der Waals surface area contributed by atoms with Crippen molar-refractivity contribution in [3.8, 4) is 34.5 Å². The molecule has 4 heteroatoms. The van der Waals surface area contributed by atoms with E-state index in [2.05, 4.69) is 121 Å². The normalized spacial score (nSPS) is 19.4. The third-order valence-electron chi connectivity index (χ3n) is 13.1. The number of benzene rings is 5. The summed E-state index contributed by atoms with van der Waals surface area (Å²) in [6.07, 6.45) is 23.6. The maximum atomic E-state index is 10.5. The molecule has 12 rings (SSSR count). The Morgan fingerprint density at radius 2 is 1.43 bits per heavy atom. The van der Waals surface area contributed by atoms with Crippen molar-refractivity contribution in [1.82, 2.24) is 9.97 Å². The first kappa shape index (κ1) is 32.8. The van der Waals surface area contributed by atoms with Gasteiger partial charge in [-0.3, -0.25) is 0 Å². The van der Waals surface area contributed by atoms with E-state index in [0.29, 0.717) is 29.1 Å². The van der Waals surface area contributed by atoms with Crippen molar-refractivity contribution < 1.29 is 0 Å². The van der Waals surface area contributed by atoms with Crippen molar-refractivity contribution in [2.75, 3.05) is 0 Å². The van der Waals surface area contributed by atoms with Gasteiger partial charge in [-0.15, -0.1) is 0 Å². The summed E-state index contributed by atoms with van der Waals surface area (Å²) in [6.45, 7) is 0. The summed E-state index contributed by atoms with van der Waals surface area (Å²) in [5, 5.41) is 24.2. The second-order valence-electron chi connectivity index (χ2n) is 15.9. The molecule has 0 aliphatic heterocycles.